The van der Waals surface area contributed by atoms with E-state index in [1.165, 1.54) is 12.3 Å². The van der Waals surface area contributed by atoms with Crippen LogP contribution in [0.15, 0.2) is 23.1 Å². The Kier molecular flexibility index (Phi) is 5.59. The maximum Gasteiger partial charge on any atom is 0.315 e. The molecule has 0 radical (unpaired) electrons. The first-order chi connectivity index (χ1) is 8.99. The van der Waals surface area contributed by atoms with Gasteiger partial charge in [0.2, 0.25) is 5.56 Å². The molecule has 0 bridgehead atoms. The van der Waals surface area contributed by atoms with E-state index in [-0.39, 0.29) is 18.0 Å². The highest BCUT2D eigenvalue weighted by Crippen LogP contribution is 2.07. The molecule has 1 rings (SSSR count). The number of aliphatic carboxylic acids is 1. The molecule has 0 aliphatic heterocycles. The number of carboxylic acid groups (broad SMARTS) is 1. The lowest BCUT2D eigenvalue weighted by atomic mass is 10.1. The van der Waals surface area contributed by atoms with E-state index in [0.717, 1.165) is 0 Å². The van der Waals surface area contributed by atoms with Crippen LogP contribution >= 0.6 is 0 Å². The van der Waals surface area contributed by atoms with Crippen molar-refractivity contribution in [1.29, 1.82) is 0 Å². The standard InChI is InChI=1S/C12H17N3O4/c1-8(9-4-6-13-10(16)7-9)15-12(19)14-5-2-3-11(17)18/h4,6-8H,2-3,5H2,1H3,(H,13,16)(H,17,18)(H2,14,15,19). The minimum absolute atomic E-state index is 0.0178. The number of carbonyl (C=O) groups is 2. The zero-order chi connectivity index (χ0) is 14.3. The van der Waals surface area contributed by atoms with Crippen molar-refractivity contribution >= 4 is 12.0 Å². The summed E-state index contributed by atoms with van der Waals surface area (Å²) >= 11 is 0. The van der Waals surface area contributed by atoms with Crippen molar-refractivity contribution in [2.45, 2.75) is 25.8 Å². The van der Waals surface area contributed by atoms with E-state index >= 15 is 0 Å². The van der Waals surface area contributed by atoms with Gasteiger partial charge in [-0.05, 0) is 25.0 Å². The summed E-state index contributed by atoms with van der Waals surface area (Å²) in [5, 5.41) is 13.7. The fourth-order valence-corrected chi connectivity index (χ4v) is 1.50. The third kappa shape index (κ3) is 5.71. The van der Waals surface area contributed by atoms with Crippen LogP contribution < -0.4 is 16.2 Å². The van der Waals surface area contributed by atoms with Crippen LogP contribution in [0.5, 0.6) is 0 Å². The highest BCUT2D eigenvalue weighted by Gasteiger charge is 2.09. The number of rotatable bonds is 6. The molecule has 0 aliphatic rings. The van der Waals surface area contributed by atoms with Crippen LogP contribution in [-0.2, 0) is 4.79 Å². The van der Waals surface area contributed by atoms with Gasteiger partial charge in [0.1, 0.15) is 0 Å². The SMILES string of the molecule is CC(NC(=O)NCCCC(=O)O)c1cc[nH]c(=O)c1. The Morgan fingerprint density at radius 1 is 1.47 bits per heavy atom. The summed E-state index contributed by atoms with van der Waals surface area (Å²) in [6.07, 6.45) is 1.91. The van der Waals surface area contributed by atoms with E-state index in [2.05, 4.69) is 15.6 Å². The van der Waals surface area contributed by atoms with Gasteiger partial charge < -0.3 is 20.7 Å². The number of aromatic amines is 1. The van der Waals surface area contributed by atoms with Gasteiger partial charge in [-0.25, -0.2) is 4.79 Å². The minimum atomic E-state index is -0.890. The van der Waals surface area contributed by atoms with Crippen molar-refractivity contribution in [2.24, 2.45) is 0 Å². The largest absolute Gasteiger partial charge is 0.481 e. The average molecular weight is 267 g/mol. The van der Waals surface area contributed by atoms with Gasteiger partial charge >= 0.3 is 12.0 Å². The number of urea groups is 1. The van der Waals surface area contributed by atoms with Gasteiger partial charge in [-0.3, -0.25) is 9.59 Å². The fraction of sp³-hybridized carbons (Fsp3) is 0.417. The zero-order valence-electron chi connectivity index (χ0n) is 10.6. The fourth-order valence-electron chi connectivity index (χ4n) is 1.50. The molecular weight excluding hydrogens is 250 g/mol. The van der Waals surface area contributed by atoms with Crippen LogP contribution in [0.1, 0.15) is 31.4 Å². The Hall–Kier alpha value is -2.31. The number of pyridine rings is 1. The predicted octanol–water partition coefficient (Wildman–Crippen LogP) is 0.600. The molecule has 1 unspecified atom stereocenters. The summed E-state index contributed by atoms with van der Waals surface area (Å²) < 4.78 is 0. The molecule has 2 amide bonds. The summed E-state index contributed by atoms with van der Waals surface area (Å²) in [7, 11) is 0. The third-order valence-corrected chi connectivity index (χ3v) is 2.50. The quantitative estimate of drug-likeness (QED) is 0.565. The summed E-state index contributed by atoms with van der Waals surface area (Å²) in [4.78, 5) is 35.4. The van der Waals surface area contributed by atoms with E-state index < -0.39 is 12.0 Å². The zero-order valence-corrected chi connectivity index (χ0v) is 10.6. The summed E-state index contributed by atoms with van der Waals surface area (Å²) in [5.41, 5.74) is 0.470. The lowest BCUT2D eigenvalue weighted by Crippen LogP contribution is -2.37. The van der Waals surface area contributed by atoms with Gasteiger partial charge in [-0.1, -0.05) is 0 Å². The highest BCUT2D eigenvalue weighted by atomic mass is 16.4. The smallest absolute Gasteiger partial charge is 0.315 e. The molecule has 0 spiro atoms. The summed E-state index contributed by atoms with van der Waals surface area (Å²) in [5.74, 6) is -0.890. The molecule has 19 heavy (non-hydrogen) atoms. The van der Waals surface area contributed by atoms with Gasteiger partial charge in [-0.15, -0.1) is 0 Å². The minimum Gasteiger partial charge on any atom is -0.481 e. The van der Waals surface area contributed by atoms with Gasteiger partial charge in [0.05, 0.1) is 6.04 Å². The molecule has 7 nitrogen and oxygen atoms in total. The van der Waals surface area contributed by atoms with Gasteiger partial charge in [-0.2, -0.15) is 0 Å². The van der Waals surface area contributed by atoms with E-state index in [1.807, 2.05) is 0 Å². The molecule has 0 fully saturated rings. The van der Waals surface area contributed by atoms with Crippen molar-refractivity contribution in [1.82, 2.24) is 15.6 Å². The maximum atomic E-state index is 11.5. The predicted molar refractivity (Wildman–Crippen MR) is 68.9 cm³/mol. The van der Waals surface area contributed by atoms with Crippen molar-refractivity contribution in [3.63, 3.8) is 0 Å². The van der Waals surface area contributed by atoms with E-state index in [4.69, 9.17) is 5.11 Å². The second-order valence-electron chi connectivity index (χ2n) is 4.11. The van der Waals surface area contributed by atoms with Gasteiger partial charge in [0, 0.05) is 25.2 Å². The molecule has 0 aromatic carbocycles. The first-order valence-electron chi connectivity index (χ1n) is 5.94. The Morgan fingerprint density at radius 3 is 2.84 bits per heavy atom. The van der Waals surface area contributed by atoms with E-state index in [0.29, 0.717) is 18.5 Å². The normalized spacial score (nSPS) is 11.6. The molecule has 0 aliphatic carbocycles. The Balaban J connectivity index is 2.36. The molecular formula is C12H17N3O4. The Morgan fingerprint density at radius 2 is 2.21 bits per heavy atom. The van der Waals surface area contributed by atoms with Crippen molar-refractivity contribution in [3.05, 3.63) is 34.2 Å². The summed E-state index contributed by atoms with van der Waals surface area (Å²) in [6.45, 7) is 2.05. The highest BCUT2D eigenvalue weighted by molar-refractivity contribution is 5.74. The molecule has 0 saturated heterocycles. The molecule has 104 valence electrons. The van der Waals surface area contributed by atoms with Crippen LogP contribution in [0.2, 0.25) is 0 Å². The average Bonchev–Trinajstić information content (AvgIpc) is 2.34. The van der Waals surface area contributed by atoms with Crippen LogP contribution in [0.4, 0.5) is 4.79 Å². The lowest BCUT2D eigenvalue weighted by molar-refractivity contribution is -0.137. The first kappa shape index (κ1) is 14.7. The first-order valence-corrected chi connectivity index (χ1v) is 5.94. The number of amides is 2. The van der Waals surface area contributed by atoms with E-state index in [9.17, 15) is 14.4 Å². The van der Waals surface area contributed by atoms with Crippen LogP contribution in [-0.4, -0.2) is 28.6 Å². The van der Waals surface area contributed by atoms with Gasteiger partial charge in [0.15, 0.2) is 0 Å². The lowest BCUT2D eigenvalue weighted by Gasteiger charge is -2.14. The Bertz CT molecular complexity index is 498. The van der Waals surface area contributed by atoms with Crippen molar-refractivity contribution < 1.29 is 14.7 Å². The van der Waals surface area contributed by atoms with Crippen LogP contribution in [0.3, 0.4) is 0 Å². The third-order valence-electron chi connectivity index (χ3n) is 2.50. The number of aromatic nitrogens is 1. The number of H-pyrrole nitrogens is 1. The second kappa shape index (κ2) is 7.20. The maximum absolute atomic E-state index is 11.5. The Labute approximate surface area is 110 Å². The molecule has 0 saturated carbocycles. The molecule has 1 atom stereocenters. The monoisotopic (exact) mass is 267 g/mol. The molecule has 7 heteroatoms. The van der Waals surface area contributed by atoms with Crippen molar-refractivity contribution in [2.75, 3.05) is 6.54 Å². The topological polar surface area (TPSA) is 111 Å². The molecule has 1 heterocycles. The van der Waals surface area contributed by atoms with Gasteiger partial charge in [0.25, 0.3) is 0 Å². The molecule has 1 aromatic rings. The van der Waals surface area contributed by atoms with Crippen LogP contribution in [0, 0.1) is 0 Å². The molecule has 1 aromatic heterocycles. The second-order valence-corrected chi connectivity index (χ2v) is 4.11. The van der Waals surface area contributed by atoms with Crippen molar-refractivity contribution in [3.8, 4) is 0 Å². The summed E-state index contributed by atoms with van der Waals surface area (Å²) in [6, 6.07) is 2.42. The number of carbonyl (C=O) groups excluding carboxylic acids is 1. The number of nitrogens with one attached hydrogen (secondary N) is 3. The number of hydrogen-bond acceptors (Lipinski definition) is 3. The number of hydrogen-bond donors (Lipinski definition) is 4. The van der Waals surface area contributed by atoms with E-state index in [1.54, 1.807) is 13.0 Å². The molecule has 4 N–H and O–H groups in total. The van der Waals surface area contributed by atoms with Crippen LogP contribution in [0.25, 0.3) is 0 Å². The number of carboxylic acids is 1.